The summed E-state index contributed by atoms with van der Waals surface area (Å²) in [6.07, 6.45) is 1.44. The highest BCUT2D eigenvalue weighted by Gasteiger charge is 2.15. The average Bonchev–Trinajstić information content (AvgIpc) is 2.17. The molecule has 0 aromatic rings. The molecule has 0 bridgehead atoms. The molecule has 3 heteroatoms. The smallest absolute Gasteiger partial charge is 0.155 e. The lowest BCUT2D eigenvalue weighted by Gasteiger charge is -1.98. The fourth-order valence-electron chi connectivity index (χ4n) is 0.827. The summed E-state index contributed by atoms with van der Waals surface area (Å²) in [5.74, 6) is 1.99. The van der Waals surface area contributed by atoms with Crippen molar-refractivity contribution in [3.8, 4) is 0 Å². The summed E-state index contributed by atoms with van der Waals surface area (Å²) >= 11 is 5.84. The normalized spacial score (nSPS) is 36.6. The molecule has 0 saturated heterocycles. The van der Waals surface area contributed by atoms with Crippen LogP contribution in [0.15, 0.2) is 0 Å². The molecule has 0 radical (unpaired) electrons. The molecule has 46 valence electrons. The average molecular weight is 151 g/mol. The van der Waals surface area contributed by atoms with Crippen LogP contribution in [0.2, 0.25) is 0 Å². The predicted octanol–water partition coefficient (Wildman–Crippen LogP) is 1.94. The highest BCUT2D eigenvalue weighted by molar-refractivity contribution is 8.08. The van der Waals surface area contributed by atoms with Gasteiger partial charge in [-0.25, -0.2) is 0 Å². The van der Waals surface area contributed by atoms with E-state index in [4.69, 9.17) is 11.2 Å². The van der Waals surface area contributed by atoms with E-state index in [0.29, 0.717) is 0 Å². The minimum Gasteiger partial charge on any atom is -0.297 e. The van der Waals surface area contributed by atoms with Gasteiger partial charge in [0.2, 0.25) is 0 Å². The van der Waals surface area contributed by atoms with E-state index in [0.717, 1.165) is 25.0 Å². The number of hydrogen-bond acceptors (Lipinski definition) is 1. The molecule has 0 aromatic heterocycles. The Kier molecular flexibility index (Phi) is 1.79. The van der Waals surface area contributed by atoms with Gasteiger partial charge < -0.3 is 0 Å². The van der Waals surface area contributed by atoms with E-state index in [-0.39, 0.29) is 0 Å². The van der Waals surface area contributed by atoms with E-state index in [1.165, 1.54) is 0 Å². The van der Waals surface area contributed by atoms with Crippen molar-refractivity contribution in [3.63, 3.8) is 0 Å². The maximum absolute atomic E-state index is 10.2. The van der Waals surface area contributed by atoms with Crippen LogP contribution in [-0.4, -0.2) is 18.0 Å². The Labute approximate surface area is 53.8 Å². The molecule has 8 heavy (non-hydrogen) atoms. The number of carbonyl (C=O) groups excluding carboxylic acids is 1. The van der Waals surface area contributed by atoms with Gasteiger partial charge in [-0.15, -0.1) is 0 Å². The second-order valence-corrected chi connectivity index (χ2v) is 6.55. The topological polar surface area (TPSA) is 17.1 Å². The summed E-state index contributed by atoms with van der Waals surface area (Å²) in [6, 6.07) is 0.932. The van der Waals surface area contributed by atoms with Gasteiger partial charge in [-0.3, -0.25) is 4.79 Å². The van der Waals surface area contributed by atoms with Gasteiger partial charge in [0.1, 0.15) is 0 Å². The van der Waals surface area contributed by atoms with Gasteiger partial charge in [0.25, 0.3) is 0 Å². The lowest BCUT2D eigenvalue weighted by molar-refractivity contribution is 0.569. The third-order valence-corrected chi connectivity index (χ3v) is 4.69. The molecule has 0 N–H and O–H groups in total. The minimum absolute atomic E-state index is 0.929. The van der Waals surface area contributed by atoms with Gasteiger partial charge >= 0.3 is 0 Å². The van der Waals surface area contributed by atoms with Crippen LogP contribution in [0.25, 0.3) is 0 Å². The molecule has 1 aliphatic rings. The molecule has 1 unspecified atom stereocenters. The van der Waals surface area contributed by atoms with Crippen molar-refractivity contribution in [2.75, 3.05) is 6.16 Å². The van der Waals surface area contributed by atoms with Gasteiger partial charge in [-0.1, -0.05) is 17.0 Å². The molecule has 0 saturated carbocycles. The minimum atomic E-state index is -1.63. The Morgan fingerprint density at radius 3 is 2.75 bits per heavy atom. The van der Waals surface area contributed by atoms with Gasteiger partial charge in [0, 0.05) is 6.24 Å². The first kappa shape index (κ1) is 6.38. The van der Waals surface area contributed by atoms with Crippen LogP contribution < -0.4 is 0 Å². The van der Waals surface area contributed by atoms with Crippen LogP contribution >= 0.6 is 17.5 Å². The fourth-order valence-corrected chi connectivity index (χ4v) is 3.13. The SMILES string of the molecule is O=CP1(Cl)=CCCC1. The van der Waals surface area contributed by atoms with Gasteiger partial charge in [-0.2, -0.15) is 0 Å². The van der Waals surface area contributed by atoms with Gasteiger partial charge in [0.05, 0.1) is 0 Å². The Morgan fingerprint density at radius 1 is 1.75 bits per heavy atom. The van der Waals surface area contributed by atoms with Crippen LogP contribution in [0.4, 0.5) is 0 Å². The van der Waals surface area contributed by atoms with Crippen molar-refractivity contribution in [3.05, 3.63) is 0 Å². The van der Waals surface area contributed by atoms with Crippen molar-refractivity contribution < 1.29 is 4.79 Å². The molecule has 0 amide bonds. The van der Waals surface area contributed by atoms with Gasteiger partial charge in [-0.05, 0) is 19.0 Å². The molecular weight excluding hydrogens is 142 g/mol. The first-order chi connectivity index (χ1) is 3.77. The zero-order valence-corrected chi connectivity index (χ0v) is 6.16. The fraction of sp³-hybridized carbons (Fsp3) is 0.600. The van der Waals surface area contributed by atoms with Crippen LogP contribution in [-0.2, 0) is 4.79 Å². The third-order valence-electron chi connectivity index (χ3n) is 1.31. The number of rotatable bonds is 1. The van der Waals surface area contributed by atoms with Crippen LogP contribution in [0.5, 0.6) is 0 Å². The molecule has 0 fully saturated rings. The largest absolute Gasteiger partial charge is 0.297 e. The Hall–Kier alpha value is 0.260. The maximum atomic E-state index is 10.2. The van der Waals surface area contributed by atoms with Gasteiger partial charge in [0.15, 0.2) is 6.03 Å². The van der Waals surface area contributed by atoms with Crippen molar-refractivity contribution in [1.29, 1.82) is 0 Å². The highest BCUT2D eigenvalue weighted by atomic mass is 35.7. The van der Waals surface area contributed by atoms with E-state index in [9.17, 15) is 4.79 Å². The predicted molar refractivity (Wildman–Crippen MR) is 39.7 cm³/mol. The summed E-state index contributed by atoms with van der Waals surface area (Å²) in [7, 11) is 0. The Bertz CT molecular complexity index is 153. The van der Waals surface area contributed by atoms with Crippen molar-refractivity contribution in [1.82, 2.24) is 0 Å². The summed E-state index contributed by atoms with van der Waals surface area (Å²) < 4.78 is 0. The standard InChI is InChI=1S/C5H8ClOP/c6-8(5-7)3-1-2-4-8/h3,5H,1-2,4H2. The van der Waals surface area contributed by atoms with Crippen molar-refractivity contribution in [2.45, 2.75) is 12.8 Å². The lowest BCUT2D eigenvalue weighted by atomic mass is 10.4. The van der Waals surface area contributed by atoms with E-state index in [1.54, 1.807) is 0 Å². The van der Waals surface area contributed by atoms with E-state index in [2.05, 4.69) is 0 Å². The molecule has 1 atom stereocenters. The Balaban J connectivity index is 2.78. The van der Waals surface area contributed by atoms with Crippen LogP contribution in [0.1, 0.15) is 12.8 Å². The van der Waals surface area contributed by atoms with E-state index in [1.807, 2.05) is 5.80 Å². The van der Waals surface area contributed by atoms with Crippen LogP contribution in [0, 0.1) is 0 Å². The monoisotopic (exact) mass is 150 g/mol. The number of hydrogen-bond donors (Lipinski definition) is 0. The molecule has 1 rings (SSSR count). The molecule has 0 aliphatic carbocycles. The molecule has 1 aliphatic heterocycles. The highest BCUT2D eigenvalue weighted by Crippen LogP contribution is 2.53. The molecule has 1 heterocycles. The summed E-state index contributed by atoms with van der Waals surface area (Å²) in [4.78, 5) is 10.2. The summed E-state index contributed by atoms with van der Waals surface area (Å²) in [5.41, 5.74) is 0. The van der Waals surface area contributed by atoms with E-state index >= 15 is 0 Å². The zero-order valence-electron chi connectivity index (χ0n) is 4.51. The Morgan fingerprint density at radius 2 is 2.50 bits per heavy atom. The van der Waals surface area contributed by atoms with Crippen LogP contribution in [0.3, 0.4) is 0 Å². The number of halogens is 1. The number of carbonyl (C=O) groups is 1. The molecule has 0 spiro atoms. The first-order valence-corrected chi connectivity index (χ1v) is 5.66. The first-order valence-electron chi connectivity index (χ1n) is 2.65. The van der Waals surface area contributed by atoms with Crippen molar-refractivity contribution >= 4 is 29.3 Å². The summed E-state index contributed by atoms with van der Waals surface area (Å²) in [6.45, 7) is 0. The van der Waals surface area contributed by atoms with Crippen molar-refractivity contribution in [2.24, 2.45) is 0 Å². The molecule has 1 nitrogen and oxygen atoms in total. The quantitative estimate of drug-likeness (QED) is 0.413. The summed E-state index contributed by atoms with van der Waals surface area (Å²) in [5, 5.41) is 0. The lowest BCUT2D eigenvalue weighted by Crippen LogP contribution is -1.74. The van der Waals surface area contributed by atoms with E-state index < -0.39 is 6.24 Å². The molecule has 0 aromatic carbocycles. The maximum Gasteiger partial charge on any atom is 0.155 e. The second kappa shape index (κ2) is 2.24. The second-order valence-electron chi connectivity index (χ2n) is 1.98. The zero-order chi connectivity index (χ0) is 6.04. The third kappa shape index (κ3) is 1.15. The molecular formula is C5H8ClOP.